The van der Waals surface area contributed by atoms with Crippen molar-refractivity contribution in [2.24, 2.45) is 0 Å². The van der Waals surface area contributed by atoms with Gasteiger partial charge in [0.05, 0.1) is 0 Å². The first-order valence-electron chi connectivity index (χ1n) is 7.64. The van der Waals surface area contributed by atoms with Gasteiger partial charge >= 0.3 is 0 Å². The summed E-state index contributed by atoms with van der Waals surface area (Å²) >= 11 is 1.45. The Morgan fingerprint density at radius 2 is 2.13 bits per heavy atom. The minimum absolute atomic E-state index is 0. The molecule has 0 saturated carbocycles. The van der Waals surface area contributed by atoms with E-state index in [9.17, 15) is 4.79 Å². The number of hydrogen-bond acceptors (Lipinski definition) is 6. The van der Waals surface area contributed by atoms with Gasteiger partial charge in [0.1, 0.15) is 5.01 Å². The van der Waals surface area contributed by atoms with Crippen molar-refractivity contribution in [2.75, 3.05) is 11.9 Å². The topological polar surface area (TPSA) is 95.6 Å². The zero-order valence-electron chi connectivity index (χ0n) is 13.2. The van der Waals surface area contributed by atoms with Gasteiger partial charge in [0.15, 0.2) is 5.69 Å². The lowest BCUT2D eigenvalue weighted by atomic mass is 10.1. The van der Waals surface area contributed by atoms with Crippen LogP contribution in [0.3, 0.4) is 0 Å². The Labute approximate surface area is 145 Å². The van der Waals surface area contributed by atoms with Gasteiger partial charge in [0, 0.05) is 36.7 Å². The molecule has 0 spiro atoms. The van der Waals surface area contributed by atoms with Gasteiger partial charge in [0.2, 0.25) is 5.13 Å². The summed E-state index contributed by atoms with van der Waals surface area (Å²) < 4.78 is 0. The van der Waals surface area contributed by atoms with E-state index in [0.29, 0.717) is 23.3 Å². The van der Waals surface area contributed by atoms with E-state index in [1.807, 2.05) is 0 Å². The third-order valence-corrected chi connectivity index (χ3v) is 5.02. The normalized spacial score (nSPS) is 13.5. The fourth-order valence-electron chi connectivity index (χ4n) is 2.66. The van der Waals surface area contributed by atoms with E-state index in [-0.39, 0.29) is 18.3 Å². The van der Waals surface area contributed by atoms with Gasteiger partial charge in [-0.05, 0) is 12.8 Å². The molecule has 1 amide bonds. The number of nitrogens with one attached hydrogen (secondary N) is 3. The molecule has 9 heteroatoms. The quantitative estimate of drug-likeness (QED) is 0.764. The standard InChI is InChI=1S/C14H20N6OS.ClH/c1-3-8(4-2)13-19-20-14(22-13)16-12(21)11-9-7-15-6-5-10(9)17-18-11;/h8,15H,3-7H2,1-2H3,(H,17,18)(H,16,20,21);1H. The Morgan fingerprint density at radius 3 is 2.87 bits per heavy atom. The van der Waals surface area contributed by atoms with Crippen molar-refractivity contribution in [3.05, 3.63) is 22.0 Å². The zero-order chi connectivity index (χ0) is 15.5. The van der Waals surface area contributed by atoms with Crippen LogP contribution in [0.4, 0.5) is 5.13 Å². The maximum absolute atomic E-state index is 12.4. The molecule has 2 aromatic heterocycles. The van der Waals surface area contributed by atoms with Gasteiger partial charge in [-0.3, -0.25) is 15.2 Å². The highest BCUT2D eigenvalue weighted by atomic mass is 35.5. The van der Waals surface area contributed by atoms with Crippen molar-refractivity contribution in [1.82, 2.24) is 25.7 Å². The molecule has 0 saturated heterocycles. The number of halogens is 1. The molecule has 0 unspecified atom stereocenters. The molecule has 1 aliphatic rings. The molecule has 7 nitrogen and oxygen atoms in total. The Hall–Kier alpha value is -1.51. The summed E-state index contributed by atoms with van der Waals surface area (Å²) in [5.41, 5.74) is 2.44. The number of fused-ring (bicyclic) bond motifs is 1. The first kappa shape index (κ1) is 17.8. The number of carbonyl (C=O) groups is 1. The molecule has 3 heterocycles. The third-order valence-electron chi connectivity index (χ3n) is 4.02. The summed E-state index contributed by atoms with van der Waals surface area (Å²) in [6, 6.07) is 0. The van der Waals surface area contributed by atoms with Crippen LogP contribution in [-0.2, 0) is 13.0 Å². The van der Waals surface area contributed by atoms with Crippen molar-refractivity contribution >= 4 is 34.8 Å². The number of aromatic nitrogens is 4. The minimum Gasteiger partial charge on any atom is -0.312 e. The smallest absolute Gasteiger partial charge is 0.278 e. The first-order chi connectivity index (χ1) is 10.7. The third kappa shape index (κ3) is 3.70. The highest BCUT2D eigenvalue weighted by Crippen LogP contribution is 2.28. The molecule has 0 aliphatic carbocycles. The van der Waals surface area contributed by atoms with Gasteiger partial charge in [-0.15, -0.1) is 22.6 Å². The van der Waals surface area contributed by atoms with Crippen LogP contribution < -0.4 is 10.6 Å². The van der Waals surface area contributed by atoms with Crippen LogP contribution in [-0.4, -0.2) is 32.8 Å². The number of H-pyrrole nitrogens is 1. The second kappa shape index (κ2) is 7.85. The van der Waals surface area contributed by atoms with Crippen LogP contribution in [0, 0.1) is 0 Å². The van der Waals surface area contributed by atoms with E-state index >= 15 is 0 Å². The number of anilines is 1. The summed E-state index contributed by atoms with van der Waals surface area (Å²) in [6.45, 7) is 5.85. The fourth-order valence-corrected chi connectivity index (χ4v) is 3.66. The molecular weight excluding hydrogens is 336 g/mol. The number of hydrogen-bond donors (Lipinski definition) is 3. The fraction of sp³-hybridized carbons (Fsp3) is 0.571. The lowest BCUT2D eigenvalue weighted by Crippen LogP contribution is -2.25. The van der Waals surface area contributed by atoms with Crippen LogP contribution in [0.1, 0.15) is 59.4 Å². The summed E-state index contributed by atoms with van der Waals surface area (Å²) in [5.74, 6) is 0.180. The molecule has 2 aromatic rings. The summed E-state index contributed by atoms with van der Waals surface area (Å²) in [6.07, 6.45) is 2.92. The molecule has 0 radical (unpaired) electrons. The lowest BCUT2D eigenvalue weighted by Gasteiger charge is -2.12. The van der Waals surface area contributed by atoms with Crippen molar-refractivity contribution in [2.45, 2.75) is 45.6 Å². The summed E-state index contributed by atoms with van der Waals surface area (Å²) in [5, 5.41) is 23.0. The molecule has 23 heavy (non-hydrogen) atoms. The number of amides is 1. The van der Waals surface area contributed by atoms with Crippen molar-refractivity contribution in [1.29, 1.82) is 0 Å². The van der Waals surface area contributed by atoms with Crippen LogP contribution in [0.5, 0.6) is 0 Å². The van der Waals surface area contributed by atoms with Crippen LogP contribution >= 0.6 is 23.7 Å². The molecular formula is C14H21ClN6OS. The Kier molecular flexibility index (Phi) is 6.09. The number of rotatable bonds is 5. The summed E-state index contributed by atoms with van der Waals surface area (Å²) in [4.78, 5) is 12.4. The van der Waals surface area contributed by atoms with E-state index in [2.05, 4.69) is 44.9 Å². The predicted octanol–water partition coefficient (Wildman–Crippen LogP) is 2.48. The first-order valence-corrected chi connectivity index (χ1v) is 8.46. The average molecular weight is 357 g/mol. The number of nitrogens with zero attached hydrogens (tertiary/aromatic N) is 3. The molecule has 0 bridgehead atoms. The highest BCUT2D eigenvalue weighted by Gasteiger charge is 2.23. The second-order valence-electron chi connectivity index (χ2n) is 5.37. The van der Waals surface area contributed by atoms with E-state index in [4.69, 9.17) is 0 Å². The van der Waals surface area contributed by atoms with Gasteiger partial charge in [0.25, 0.3) is 5.91 Å². The SMILES string of the molecule is CCC(CC)c1nnc(NC(=O)c2n[nH]c3c2CNCC3)s1.Cl. The van der Waals surface area contributed by atoms with Gasteiger partial charge < -0.3 is 5.32 Å². The van der Waals surface area contributed by atoms with Crippen LogP contribution in [0.25, 0.3) is 0 Å². The Bertz CT molecular complexity index is 666. The molecule has 0 atom stereocenters. The maximum atomic E-state index is 12.4. The molecule has 0 aromatic carbocycles. The number of carbonyl (C=O) groups excluding carboxylic acids is 1. The molecule has 0 fully saturated rings. The predicted molar refractivity (Wildman–Crippen MR) is 92.4 cm³/mol. The molecule has 3 N–H and O–H groups in total. The molecule has 126 valence electrons. The van der Waals surface area contributed by atoms with Gasteiger partial charge in [-0.2, -0.15) is 5.10 Å². The average Bonchev–Trinajstić information content (AvgIpc) is 3.15. The van der Waals surface area contributed by atoms with Crippen molar-refractivity contribution in [3.63, 3.8) is 0 Å². The van der Waals surface area contributed by atoms with E-state index < -0.39 is 0 Å². The molecule has 1 aliphatic heterocycles. The van der Waals surface area contributed by atoms with E-state index in [0.717, 1.165) is 42.1 Å². The zero-order valence-corrected chi connectivity index (χ0v) is 14.8. The number of aromatic amines is 1. The summed E-state index contributed by atoms with van der Waals surface area (Å²) in [7, 11) is 0. The maximum Gasteiger partial charge on any atom is 0.278 e. The van der Waals surface area contributed by atoms with Crippen molar-refractivity contribution < 1.29 is 4.79 Å². The van der Waals surface area contributed by atoms with E-state index in [1.165, 1.54) is 11.3 Å². The Balaban J connectivity index is 0.00000192. The Morgan fingerprint density at radius 1 is 1.35 bits per heavy atom. The van der Waals surface area contributed by atoms with Crippen LogP contribution in [0.15, 0.2) is 0 Å². The van der Waals surface area contributed by atoms with Crippen molar-refractivity contribution in [3.8, 4) is 0 Å². The van der Waals surface area contributed by atoms with E-state index in [1.54, 1.807) is 0 Å². The second-order valence-corrected chi connectivity index (χ2v) is 6.38. The molecule has 3 rings (SSSR count). The van der Waals surface area contributed by atoms with Gasteiger partial charge in [-0.25, -0.2) is 0 Å². The largest absolute Gasteiger partial charge is 0.312 e. The minimum atomic E-state index is -0.228. The monoisotopic (exact) mass is 356 g/mol. The van der Waals surface area contributed by atoms with Gasteiger partial charge in [-0.1, -0.05) is 25.2 Å². The van der Waals surface area contributed by atoms with Crippen LogP contribution in [0.2, 0.25) is 0 Å². The highest BCUT2D eigenvalue weighted by molar-refractivity contribution is 7.15. The lowest BCUT2D eigenvalue weighted by molar-refractivity contribution is 0.102.